The zero-order valence-electron chi connectivity index (χ0n) is 12.9. The van der Waals surface area contributed by atoms with Gasteiger partial charge in [-0.1, -0.05) is 37.6 Å². The average molecular weight is 313 g/mol. The van der Waals surface area contributed by atoms with Gasteiger partial charge in [-0.2, -0.15) is 0 Å². The van der Waals surface area contributed by atoms with Crippen molar-refractivity contribution in [3.63, 3.8) is 0 Å². The Bertz CT molecular complexity index is 422. The van der Waals surface area contributed by atoms with Crippen molar-refractivity contribution in [2.24, 2.45) is 0 Å². The zero-order valence-corrected chi connectivity index (χ0v) is 13.7. The van der Waals surface area contributed by atoms with E-state index in [-0.39, 0.29) is 5.91 Å². The lowest BCUT2D eigenvalue weighted by Crippen LogP contribution is -2.30. The zero-order chi connectivity index (χ0) is 15.5. The van der Waals surface area contributed by atoms with Crippen LogP contribution in [-0.4, -0.2) is 43.6 Å². The number of benzene rings is 1. The maximum absolute atomic E-state index is 11.7. The number of hydrogen-bond donors (Lipinski definition) is 1. The van der Waals surface area contributed by atoms with Crippen LogP contribution in [0.15, 0.2) is 24.3 Å². The van der Waals surface area contributed by atoms with Crippen molar-refractivity contribution >= 4 is 17.5 Å². The van der Waals surface area contributed by atoms with Gasteiger partial charge in [-0.3, -0.25) is 4.79 Å². The first-order chi connectivity index (χ1) is 10.2. The van der Waals surface area contributed by atoms with Crippen molar-refractivity contribution in [2.45, 2.75) is 26.7 Å². The van der Waals surface area contributed by atoms with E-state index in [9.17, 15) is 4.79 Å². The van der Waals surface area contributed by atoms with E-state index in [2.05, 4.69) is 24.1 Å². The fourth-order valence-corrected chi connectivity index (χ4v) is 2.16. The van der Waals surface area contributed by atoms with Gasteiger partial charge in [0.15, 0.2) is 0 Å². The molecule has 1 rings (SSSR count). The minimum absolute atomic E-state index is 0.0154. The first-order valence-electron chi connectivity index (χ1n) is 7.53. The lowest BCUT2D eigenvalue weighted by molar-refractivity contribution is -0.121. The first-order valence-corrected chi connectivity index (χ1v) is 7.91. The van der Waals surface area contributed by atoms with E-state index in [1.807, 2.05) is 12.1 Å². The van der Waals surface area contributed by atoms with Gasteiger partial charge in [0.1, 0.15) is 5.75 Å². The van der Waals surface area contributed by atoms with Crippen LogP contribution in [0.2, 0.25) is 5.02 Å². The smallest absolute Gasteiger partial charge is 0.223 e. The van der Waals surface area contributed by atoms with E-state index in [0.29, 0.717) is 30.3 Å². The Kier molecular flexibility index (Phi) is 8.87. The molecule has 4 nitrogen and oxygen atoms in total. The van der Waals surface area contributed by atoms with E-state index < -0.39 is 0 Å². The van der Waals surface area contributed by atoms with Gasteiger partial charge in [0, 0.05) is 6.54 Å². The van der Waals surface area contributed by atoms with Crippen LogP contribution >= 0.6 is 11.6 Å². The molecule has 21 heavy (non-hydrogen) atoms. The van der Waals surface area contributed by atoms with Crippen molar-refractivity contribution in [3.05, 3.63) is 29.3 Å². The first kappa shape index (κ1) is 17.8. The van der Waals surface area contributed by atoms with E-state index in [4.69, 9.17) is 16.3 Å². The van der Waals surface area contributed by atoms with Crippen molar-refractivity contribution in [1.29, 1.82) is 0 Å². The molecule has 0 atom stereocenters. The third kappa shape index (κ3) is 7.34. The summed E-state index contributed by atoms with van der Waals surface area (Å²) in [6.45, 7) is 8.46. The summed E-state index contributed by atoms with van der Waals surface area (Å²) in [7, 11) is 0. The van der Waals surface area contributed by atoms with E-state index in [0.717, 1.165) is 26.1 Å². The largest absolute Gasteiger partial charge is 0.491 e. The topological polar surface area (TPSA) is 41.6 Å². The third-order valence-electron chi connectivity index (χ3n) is 3.29. The van der Waals surface area contributed by atoms with E-state index in [1.54, 1.807) is 12.1 Å². The van der Waals surface area contributed by atoms with Crippen LogP contribution in [-0.2, 0) is 4.79 Å². The molecule has 0 saturated heterocycles. The second-order valence-electron chi connectivity index (χ2n) is 4.76. The van der Waals surface area contributed by atoms with Crippen molar-refractivity contribution in [2.75, 3.05) is 32.8 Å². The molecule has 0 aliphatic rings. The average Bonchev–Trinajstić information content (AvgIpc) is 2.49. The summed E-state index contributed by atoms with van der Waals surface area (Å²) in [5.41, 5.74) is 0. The van der Waals surface area contributed by atoms with Gasteiger partial charge in [0.2, 0.25) is 5.91 Å². The Morgan fingerprint density at radius 1 is 1.29 bits per heavy atom. The summed E-state index contributed by atoms with van der Waals surface area (Å²) in [5, 5.41) is 3.48. The minimum atomic E-state index is 0.0154. The molecule has 1 aromatic carbocycles. The van der Waals surface area contributed by atoms with E-state index in [1.165, 1.54) is 0 Å². The van der Waals surface area contributed by atoms with Gasteiger partial charge in [-0.05, 0) is 38.2 Å². The molecule has 0 spiro atoms. The highest BCUT2D eigenvalue weighted by atomic mass is 35.5. The molecule has 1 aromatic rings. The molecular weight excluding hydrogens is 288 g/mol. The molecule has 1 N–H and O–H groups in total. The quantitative estimate of drug-likeness (QED) is 0.675. The van der Waals surface area contributed by atoms with Gasteiger partial charge < -0.3 is 15.0 Å². The highest BCUT2D eigenvalue weighted by molar-refractivity contribution is 6.32. The van der Waals surface area contributed by atoms with Crippen LogP contribution in [0.1, 0.15) is 26.7 Å². The lowest BCUT2D eigenvalue weighted by Gasteiger charge is -2.17. The number of ether oxygens (including phenoxy) is 1. The van der Waals surface area contributed by atoms with Gasteiger partial charge in [-0.15, -0.1) is 0 Å². The van der Waals surface area contributed by atoms with Crippen LogP contribution in [0.5, 0.6) is 5.75 Å². The third-order valence-corrected chi connectivity index (χ3v) is 3.60. The van der Waals surface area contributed by atoms with Gasteiger partial charge in [-0.25, -0.2) is 0 Å². The second-order valence-corrected chi connectivity index (χ2v) is 5.17. The Balaban J connectivity index is 2.10. The highest BCUT2D eigenvalue weighted by Gasteiger charge is 2.04. The fraction of sp³-hybridized carbons (Fsp3) is 0.562. The van der Waals surface area contributed by atoms with Crippen LogP contribution in [0.25, 0.3) is 0 Å². The highest BCUT2D eigenvalue weighted by Crippen LogP contribution is 2.22. The summed E-state index contributed by atoms with van der Waals surface area (Å²) in [6.07, 6.45) is 1.31. The molecule has 118 valence electrons. The predicted octanol–water partition coefficient (Wildman–Crippen LogP) is 2.96. The van der Waals surface area contributed by atoms with Gasteiger partial charge in [0.25, 0.3) is 0 Å². The molecule has 0 bridgehead atoms. The standard InChI is InChI=1S/C16H25ClN2O2/c1-3-19(4-2)12-7-11-18-16(20)10-13-21-15-9-6-5-8-14(15)17/h5-6,8-9H,3-4,7,10-13H2,1-2H3,(H,18,20). The minimum Gasteiger partial charge on any atom is -0.491 e. The van der Waals surface area contributed by atoms with Crippen LogP contribution in [0.4, 0.5) is 0 Å². The number of nitrogens with one attached hydrogen (secondary N) is 1. The summed E-state index contributed by atoms with van der Waals surface area (Å²) >= 11 is 5.97. The van der Waals surface area contributed by atoms with Crippen molar-refractivity contribution in [1.82, 2.24) is 10.2 Å². The summed E-state index contributed by atoms with van der Waals surface area (Å²) in [4.78, 5) is 14.0. The number of rotatable bonds is 10. The molecule has 0 unspecified atom stereocenters. The number of halogens is 1. The van der Waals surface area contributed by atoms with Gasteiger partial charge >= 0.3 is 0 Å². The molecule has 0 heterocycles. The summed E-state index contributed by atoms with van der Waals surface area (Å²) in [5.74, 6) is 0.634. The number of carbonyl (C=O) groups is 1. The molecule has 0 aliphatic heterocycles. The Morgan fingerprint density at radius 2 is 2.00 bits per heavy atom. The van der Waals surface area contributed by atoms with Crippen LogP contribution in [0, 0.1) is 0 Å². The molecule has 1 amide bonds. The number of hydrogen-bond acceptors (Lipinski definition) is 3. The maximum Gasteiger partial charge on any atom is 0.223 e. The molecular formula is C16H25ClN2O2. The molecule has 0 aromatic heterocycles. The SMILES string of the molecule is CCN(CC)CCCNC(=O)CCOc1ccccc1Cl. The molecule has 0 saturated carbocycles. The molecule has 0 radical (unpaired) electrons. The van der Waals surface area contributed by atoms with Crippen molar-refractivity contribution < 1.29 is 9.53 Å². The normalized spacial score (nSPS) is 10.7. The Hall–Kier alpha value is -1.26. The summed E-state index contributed by atoms with van der Waals surface area (Å²) in [6, 6.07) is 7.26. The number of para-hydroxylation sites is 1. The fourth-order valence-electron chi connectivity index (χ4n) is 1.97. The molecule has 5 heteroatoms. The monoisotopic (exact) mass is 312 g/mol. The number of amides is 1. The second kappa shape index (κ2) is 10.5. The molecule has 0 fully saturated rings. The van der Waals surface area contributed by atoms with Gasteiger partial charge in [0.05, 0.1) is 18.1 Å². The predicted molar refractivity (Wildman–Crippen MR) is 87.0 cm³/mol. The number of carbonyl (C=O) groups excluding carboxylic acids is 1. The Labute approximate surface area is 132 Å². The van der Waals surface area contributed by atoms with Crippen LogP contribution < -0.4 is 10.1 Å². The lowest BCUT2D eigenvalue weighted by atomic mass is 10.3. The summed E-state index contributed by atoms with van der Waals surface area (Å²) < 4.78 is 5.49. The van der Waals surface area contributed by atoms with E-state index >= 15 is 0 Å². The molecule has 0 aliphatic carbocycles. The number of nitrogens with zero attached hydrogens (tertiary/aromatic N) is 1. The Morgan fingerprint density at radius 3 is 2.67 bits per heavy atom. The van der Waals surface area contributed by atoms with Crippen LogP contribution in [0.3, 0.4) is 0 Å². The maximum atomic E-state index is 11.7. The van der Waals surface area contributed by atoms with Crippen molar-refractivity contribution in [3.8, 4) is 5.75 Å².